The summed E-state index contributed by atoms with van der Waals surface area (Å²) >= 11 is 0. The second-order valence-corrected chi connectivity index (χ2v) is 6.02. The van der Waals surface area contributed by atoms with Crippen molar-refractivity contribution in [3.63, 3.8) is 0 Å². The van der Waals surface area contributed by atoms with E-state index in [1.807, 2.05) is 6.07 Å². The van der Waals surface area contributed by atoms with E-state index in [1.165, 1.54) is 19.3 Å². The molecule has 0 saturated heterocycles. The first kappa shape index (κ1) is 13.2. The Kier molecular flexibility index (Phi) is 3.24. The number of hydrogen-bond acceptors (Lipinski definition) is 2. The predicted molar refractivity (Wildman–Crippen MR) is 78.1 cm³/mol. The Morgan fingerprint density at radius 3 is 2.80 bits per heavy atom. The largest absolute Gasteiger partial charge is 0.478 e. The molecule has 0 aliphatic heterocycles. The molecule has 1 aromatic carbocycles. The number of nitrogens with zero attached hydrogens (tertiary/aromatic N) is 2. The highest BCUT2D eigenvalue weighted by Gasteiger charge is 2.22. The molecule has 4 nitrogen and oxygen atoms in total. The van der Waals surface area contributed by atoms with Crippen LogP contribution in [-0.4, -0.2) is 20.6 Å². The lowest BCUT2D eigenvalue weighted by atomic mass is 10.2. The molecule has 2 aromatic rings. The van der Waals surface area contributed by atoms with E-state index < -0.39 is 5.97 Å². The number of aromatic carboxylic acids is 1. The first-order valence-corrected chi connectivity index (χ1v) is 7.29. The molecule has 20 heavy (non-hydrogen) atoms. The highest BCUT2D eigenvalue weighted by atomic mass is 16.4. The molecule has 0 atom stereocenters. The van der Waals surface area contributed by atoms with Crippen LogP contribution in [-0.2, 0) is 6.54 Å². The van der Waals surface area contributed by atoms with Gasteiger partial charge in [0.2, 0.25) is 0 Å². The number of aromatic nitrogens is 2. The van der Waals surface area contributed by atoms with Crippen molar-refractivity contribution in [1.82, 2.24) is 9.55 Å². The van der Waals surface area contributed by atoms with Crippen LogP contribution in [0.25, 0.3) is 11.0 Å². The summed E-state index contributed by atoms with van der Waals surface area (Å²) in [5.74, 6) is 1.38. The average Bonchev–Trinajstić information content (AvgIpc) is 3.15. The molecular weight excluding hydrogens is 252 g/mol. The summed E-state index contributed by atoms with van der Waals surface area (Å²) in [5, 5.41) is 9.15. The minimum atomic E-state index is -0.882. The van der Waals surface area contributed by atoms with Crippen molar-refractivity contribution in [3.05, 3.63) is 29.6 Å². The van der Waals surface area contributed by atoms with Gasteiger partial charge in [0, 0.05) is 12.5 Å². The van der Waals surface area contributed by atoms with Crippen LogP contribution in [0.5, 0.6) is 0 Å². The number of carbonyl (C=O) groups is 1. The van der Waals surface area contributed by atoms with Gasteiger partial charge in [-0.2, -0.15) is 0 Å². The lowest BCUT2D eigenvalue weighted by Gasteiger charge is -2.11. The molecule has 0 amide bonds. The summed E-state index contributed by atoms with van der Waals surface area (Å²) < 4.78 is 2.21. The van der Waals surface area contributed by atoms with Crippen molar-refractivity contribution >= 4 is 17.0 Å². The highest BCUT2D eigenvalue weighted by Crippen LogP contribution is 2.34. The van der Waals surface area contributed by atoms with Gasteiger partial charge in [-0.25, -0.2) is 9.78 Å². The molecule has 106 valence electrons. The van der Waals surface area contributed by atoms with Crippen LogP contribution in [0.2, 0.25) is 0 Å². The summed E-state index contributed by atoms with van der Waals surface area (Å²) in [6.45, 7) is 5.21. The molecule has 4 heteroatoms. The van der Waals surface area contributed by atoms with Gasteiger partial charge in [-0.05, 0) is 30.5 Å². The summed E-state index contributed by atoms with van der Waals surface area (Å²) in [4.78, 5) is 15.8. The van der Waals surface area contributed by atoms with E-state index in [2.05, 4.69) is 23.4 Å². The molecule has 3 rings (SSSR count). The monoisotopic (exact) mass is 272 g/mol. The molecule has 0 spiro atoms. The van der Waals surface area contributed by atoms with E-state index >= 15 is 0 Å². The zero-order chi connectivity index (χ0) is 14.3. The maximum absolute atomic E-state index is 11.1. The van der Waals surface area contributed by atoms with Crippen LogP contribution in [0.4, 0.5) is 0 Å². The van der Waals surface area contributed by atoms with Gasteiger partial charge in [0.1, 0.15) is 5.82 Å². The third-order valence-electron chi connectivity index (χ3n) is 4.00. The summed E-state index contributed by atoms with van der Waals surface area (Å²) in [6.07, 6.45) is 3.84. The fraction of sp³-hybridized carbons (Fsp3) is 0.500. The van der Waals surface area contributed by atoms with Crippen LogP contribution in [0.15, 0.2) is 18.2 Å². The normalized spacial score (nSPS) is 15.2. The Hall–Kier alpha value is -1.84. The fourth-order valence-electron chi connectivity index (χ4n) is 2.67. The predicted octanol–water partition coefficient (Wildman–Crippen LogP) is 3.66. The first-order valence-electron chi connectivity index (χ1n) is 7.29. The molecule has 1 saturated carbocycles. The highest BCUT2D eigenvalue weighted by molar-refractivity contribution is 5.92. The lowest BCUT2D eigenvalue weighted by Crippen LogP contribution is -2.06. The number of carboxylic acid groups (broad SMARTS) is 1. The van der Waals surface area contributed by atoms with Gasteiger partial charge in [-0.3, -0.25) is 0 Å². The maximum Gasteiger partial charge on any atom is 0.335 e. The Morgan fingerprint density at radius 1 is 1.45 bits per heavy atom. The van der Waals surface area contributed by atoms with Crippen LogP contribution in [0.1, 0.15) is 55.2 Å². The van der Waals surface area contributed by atoms with Gasteiger partial charge in [0.25, 0.3) is 0 Å². The Morgan fingerprint density at radius 2 is 2.20 bits per heavy atom. The van der Waals surface area contributed by atoms with E-state index in [0.717, 1.165) is 29.3 Å². The number of hydrogen-bond donors (Lipinski definition) is 1. The molecule has 1 heterocycles. The minimum Gasteiger partial charge on any atom is -0.478 e. The summed E-state index contributed by atoms with van der Waals surface area (Å²) in [7, 11) is 0. The third-order valence-corrected chi connectivity index (χ3v) is 4.00. The quantitative estimate of drug-likeness (QED) is 0.903. The van der Waals surface area contributed by atoms with E-state index in [1.54, 1.807) is 12.1 Å². The van der Waals surface area contributed by atoms with Crippen molar-refractivity contribution in [2.75, 3.05) is 0 Å². The zero-order valence-electron chi connectivity index (χ0n) is 12.0. The summed E-state index contributed by atoms with van der Waals surface area (Å²) in [5.41, 5.74) is 2.18. The Balaban J connectivity index is 2.06. The van der Waals surface area contributed by atoms with Crippen LogP contribution < -0.4 is 0 Å². The second-order valence-electron chi connectivity index (χ2n) is 6.02. The smallest absolute Gasteiger partial charge is 0.335 e. The first-order chi connectivity index (χ1) is 9.56. The van der Waals surface area contributed by atoms with Gasteiger partial charge in [-0.1, -0.05) is 26.7 Å². The van der Waals surface area contributed by atoms with Crippen molar-refractivity contribution in [2.45, 2.75) is 45.6 Å². The number of aryl methyl sites for hydroxylation is 1. The van der Waals surface area contributed by atoms with Gasteiger partial charge < -0.3 is 9.67 Å². The number of fused-ring (bicyclic) bond motifs is 1. The topological polar surface area (TPSA) is 55.1 Å². The van der Waals surface area contributed by atoms with Crippen molar-refractivity contribution in [3.8, 4) is 0 Å². The van der Waals surface area contributed by atoms with Gasteiger partial charge in [0.05, 0.1) is 16.6 Å². The van der Waals surface area contributed by atoms with Gasteiger partial charge in [0.15, 0.2) is 0 Å². The third kappa shape index (κ3) is 2.42. The molecule has 1 aromatic heterocycles. The molecule has 1 aliphatic rings. The molecule has 0 unspecified atom stereocenters. The minimum absolute atomic E-state index is 0.334. The lowest BCUT2D eigenvalue weighted by molar-refractivity contribution is 0.0697. The molecule has 1 aliphatic carbocycles. The summed E-state index contributed by atoms with van der Waals surface area (Å²) in [6, 6.07) is 5.20. The number of benzene rings is 1. The number of rotatable bonds is 5. The number of carboxylic acids is 1. The average molecular weight is 272 g/mol. The SMILES string of the molecule is CC(C)c1nc2ccc(C(=O)O)cc2n1CCC1CC1. The van der Waals surface area contributed by atoms with E-state index in [-0.39, 0.29) is 0 Å². The Bertz CT molecular complexity index is 654. The number of imidazole rings is 1. The van der Waals surface area contributed by atoms with E-state index in [4.69, 9.17) is 5.11 Å². The fourth-order valence-corrected chi connectivity index (χ4v) is 2.67. The molecule has 0 radical (unpaired) electrons. The van der Waals surface area contributed by atoms with Gasteiger partial charge in [-0.15, -0.1) is 0 Å². The van der Waals surface area contributed by atoms with Gasteiger partial charge >= 0.3 is 5.97 Å². The second kappa shape index (κ2) is 4.93. The molecule has 1 fully saturated rings. The van der Waals surface area contributed by atoms with Crippen LogP contribution in [0, 0.1) is 5.92 Å². The van der Waals surface area contributed by atoms with Crippen molar-refractivity contribution < 1.29 is 9.90 Å². The zero-order valence-corrected chi connectivity index (χ0v) is 12.0. The van der Waals surface area contributed by atoms with Crippen LogP contribution >= 0.6 is 0 Å². The van der Waals surface area contributed by atoms with Crippen molar-refractivity contribution in [1.29, 1.82) is 0 Å². The van der Waals surface area contributed by atoms with E-state index in [0.29, 0.717) is 11.5 Å². The standard InChI is InChI=1S/C16H20N2O2/c1-10(2)15-17-13-6-5-12(16(19)20)9-14(13)18(15)8-7-11-3-4-11/h5-6,9-11H,3-4,7-8H2,1-2H3,(H,19,20). The van der Waals surface area contributed by atoms with E-state index in [9.17, 15) is 4.79 Å². The maximum atomic E-state index is 11.1. The van der Waals surface area contributed by atoms with Crippen LogP contribution in [0.3, 0.4) is 0 Å². The molecule has 0 bridgehead atoms. The van der Waals surface area contributed by atoms with Crippen molar-refractivity contribution in [2.24, 2.45) is 5.92 Å². The molecular formula is C16H20N2O2. The molecule has 1 N–H and O–H groups in total. The Labute approximate surface area is 118 Å².